The second-order valence-corrected chi connectivity index (χ2v) is 9.15. The molecule has 0 bridgehead atoms. The highest BCUT2D eigenvalue weighted by molar-refractivity contribution is 7.84. The van der Waals surface area contributed by atoms with E-state index in [0.29, 0.717) is 17.7 Å². The van der Waals surface area contributed by atoms with Gasteiger partial charge in [0.25, 0.3) is 0 Å². The van der Waals surface area contributed by atoms with Crippen LogP contribution in [0.3, 0.4) is 0 Å². The SMILES string of the molecule is COCC(c1ccc(F)cc1)n1c(-c2ccnc(NC(C)C(C)C)c2)cnc1S(C)=O. The molecule has 1 N–H and O–H groups in total. The van der Waals surface area contributed by atoms with Gasteiger partial charge in [0.2, 0.25) is 0 Å². The molecule has 1 aromatic carbocycles. The second kappa shape index (κ2) is 10.2. The first kappa shape index (κ1) is 23.1. The molecule has 0 amide bonds. The van der Waals surface area contributed by atoms with E-state index in [0.717, 1.165) is 22.6 Å². The van der Waals surface area contributed by atoms with E-state index >= 15 is 0 Å². The van der Waals surface area contributed by atoms with E-state index in [-0.39, 0.29) is 17.9 Å². The van der Waals surface area contributed by atoms with Gasteiger partial charge in [-0.25, -0.2) is 14.4 Å². The molecule has 8 heteroatoms. The number of hydrogen-bond donors (Lipinski definition) is 1. The van der Waals surface area contributed by atoms with E-state index in [4.69, 9.17) is 4.74 Å². The molecule has 0 fully saturated rings. The van der Waals surface area contributed by atoms with Crippen LogP contribution in [-0.2, 0) is 15.5 Å². The maximum atomic E-state index is 13.5. The third-order valence-electron chi connectivity index (χ3n) is 5.34. The largest absolute Gasteiger partial charge is 0.382 e. The van der Waals surface area contributed by atoms with Gasteiger partial charge >= 0.3 is 0 Å². The van der Waals surface area contributed by atoms with Gasteiger partial charge in [-0.1, -0.05) is 26.0 Å². The van der Waals surface area contributed by atoms with Crippen molar-refractivity contribution < 1.29 is 13.3 Å². The lowest BCUT2D eigenvalue weighted by Crippen LogP contribution is -2.22. The van der Waals surface area contributed by atoms with Crippen LogP contribution in [0.1, 0.15) is 32.4 Å². The fourth-order valence-corrected chi connectivity index (χ4v) is 4.01. The van der Waals surface area contributed by atoms with Crippen molar-refractivity contribution in [1.82, 2.24) is 14.5 Å². The van der Waals surface area contributed by atoms with Crippen LogP contribution in [0.5, 0.6) is 0 Å². The van der Waals surface area contributed by atoms with Gasteiger partial charge in [0.1, 0.15) is 11.6 Å². The first-order valence-electron chi connectivity index (χ1n) is 10.2. The lowest BCUT2D eigenvalue weighted by atomic mass is 10.1. The fourth-order valence-electron chi connectivity index (χ4n) is 3.30. The minimum Gasteiger partial charge on any atom is -0.382 e. The van der Waals surface area contributed by atoms with Crippen LogP contribution in [-0.4, -0.2) is 44.8 Å². The Morgan fingerprint density at radius 2 is 1.87 bits per heavy atom. The molecule has 0 saturated carbocycles. The molecule has 0 spiro atoms. The quantitative estimate of drug-likeness (QED) is 0.526. The van der Waals surface area contributed by atoms with Crippen molar-refractivity contribution in [3.63, 3.8) is 0 Å². The summed E-state index contributed by atoms with van der Waals surface area (Å²) >= 11 is 0. The first-order chi connectivity index (χ1) is 14.8. The summed E-state index contributed by atoms with van der Waals surface area (Å²) in [5, 5.41) is 3.86. The Labute approximate surface area is 185 Å². The molecular weight excluding hydrogens is 415 g/mol. The Morgan fingerprint density at radius 1 is 1.16 bits per heavy atom. The highest BCUT2D eigenvalue weighted by Gasteiger charge is 2.24. The molecule has 2 heterocycles. The maximum absolute atomic E-state index is 13.5. The number of methoxy groups -OCH3 is 1. The summed E-state index contributed by atoms with van der Waals surface area (Å²) in [6, 6.07) is 10.1. The zero-order valence-electron chi connectivity index (χ0n) is 18.5. The second-order valence-electron chi connectivity index (χ2n) is 7.88. The van der Waals surface area contributed by atoms with Gasteiger partial charge in [0.15, 0.2) is 5.16 Å². The maximum Gasteiger partial charge on any atom is 0.199 e. The molecule has 3 unspecified atom stereocenters. The Kier molecular flexibility index (Phi) is 7.56. The lowest BCUT2D eigenvalue weighted by Gasteiger charge is -2.23. The van der Waals surface area contributed by atoms with Gasteiger partial charge in [-0.05, 0) is 42.7 Å². The molecule has 2 aromatic heterocycles. The van der Waals surface area contributed by atoms with Crippen molar-refractivity contribution >= 4 is 16.6 Å². The summed E-state index contributed by atoms with van der Waals surface area (Å²) in [6.45, 7) is 6.74. The van der Waals surface area contributed by atoms with E-state index in [1.54, 1.807) is 37.9 Å². The highest BCUT2D eigenvalue weighted by Crippen LogP contribution is 2.31. The van der Waals surface area contributed by atoms with E-state index in [2.05, 4.69) is 36.1 Å². The van der Waals surface area contributed by atoms with Crippen LogP contribution in [0.4, 0.5) is 10.2 Å². The fraction of sp³-hybridized carbons (Fsp3) is 0.391. The number of rotatable bonds is 9. The van der Waals surface area contributed by atoms with Gasteiger partial charge in [0.05, 0.1) is 35.3 Å². The van der Waals surface area contributed by atoms with Crippen molar-refractivity contribution in [3.8, 4) is 11.3 Å². The molecular formula is C23H29FN4O2S. The first-order valence-corrected chi connectivity index (χ1v) is 11.8. The normalized spacial score (nSPS) is 14.4. The topological polar surface area (TPSA) is 69.0 Å². The number of anilines is 1. The van der Waals surface area contributed by atoms with Crippen molar-refractivity contribution in [2.75, 3.05) is 25.3 Å². The van der Waals surface area contributed by atoms with Gasteiger partial charge < -0.3 is 14.6 Å². The molecule has 3 aromatic rings. The van der Waals surface area contributed by atoms with Crippen molar-refractivity contribution in [3.05, 3.63) is 60.2 Å². The lowest BCUT2D eigenvalue weighted by molar-refractivity contribution is 0.166. The molecule has 31 heavy (non-hydrogen) atoms. The van der Waals surface area contributed by atoms with Gasteiger partial charge in [-0.15, -0.1) is 0 Å². The standard InChI is InChI=1S/C23H29FN4O2S/c1-15(2)16(3)27-22-12-18(10-11-25-22)20-13-26-23(31(5)29)28(20)21(14-30-4)17-6-8-19(24)9-7-17/h6-13,15-16,21H,14H2,1-5H3,(H,25,27). The molecule has 0 radical (unpaired) electrons. The number of imidazole rings is 1. The number of benzene rings is 1. The van der Waals surface area contributed by atoms with Crippen molar-refractivity contribution in [2.45, 2.75) is 38.0 Å². The Bertz CT molecular complexity index is 1040. The van der Waals surface area contributed by atoms with Crippen LogP contribution in [0.25, 0.3) is 11.3 Å². The van der Waals surface area contributed by atoms with Gasteiger partial charge in [-0.3, -0.25) is 4.21 Å². The van der Waals surface area contributed by atoms with Crippen molar-refractivity contribution in [1.29, 1.82) is 0 Å². The predicted octanol–water partition coefficient (Wildman–Crippen LogP) is 4.51. The van der Waals surface area contributed by atoms with E-state index < -0.39 is 10.8 Å². The third kappa shape index (κ3) is 5.37. The number of nitrogens with one attached hydrogen (secondary N) is 1. The molecule has 0 aliphatic carbocycles. The number of halogens is 1. The highest BCUT2D eigenvalue weighted by atomic mass is 32.2. The smallest absolute Gasteiger partial charge is 0.199 e. The van der Waals surface area contributed by atoms with E-state index in [1.807, 2.05) is 16.7 Å². The minimum absolute atomic E-state index is 0.256. The van der Waals surface area contributed by atoms with E-state index in [1.165, 1.54) is 12.1 Å². The zero-order valence-corrected chi connectivity index (χ0v) is 19.3. The Balaban J connectivity index is 2.10. The van der Waals surface area contributed by atoms with Crippen LogP contribution < -0.4 is 5.32 Å². The Morgan fingerprint density at radius 3 is 2.48 bits per heavy atom. The third-order valence-corrected chi connectivity index (χ3v) is 6.16. The predicted molar refractivity (Wildman–Crippen MR) is 122 cm³/mol. The average molecular weight is 445 g/mol. The van der Waals surface area contributed by atoms with Crippen LogP contribution in [0.2, 0.25) is 0 Å². The number of aromatic nitrogens is 3. The van der Waals surface area contributed by atoms with E-state index in [9.17, 15) is 8.60 Å². The summed E-state index contributed by atoms with van der Waals surface area (Å²) in [5.41, 5.74) is 2.52. The minimum atomic E-state index is -1.33. The zero-order chi connectivity index (χ0) is 22.5. The Hall–Kier alpha value is -2.58. The van der Waals surface area contributed by atoms with Crippen molar-refractivity contribution in [2.24, 2.45) is 5.92 Å². The molecule has 166 valence electrons. The number of ether oxygens (including phenoxy) is 1. The summed E-state index contributed by atoms with van der Waals surface area (Å²) in [5.74, 6) is 0.902. The van der Waals surface area contributed by atoms with Crippen LogP contribution in [0.15, 0.2) is 53.9 Å². The number of nitrogens with zero attached hydrogens (tertiary/aromatic N) is 3. The molecule has 6 nitrogen and oxygen atoms in total. The van der Waals surface area contributed by atoms with Crippen LogP contribution in [0, 0.1) is 11.7 Å². The molecule has 3 atom stereocenters. The summed E-state index contributed by atoms with van der Waals surface area (Å²) in [6.07, 6.45) is 5.06. The van der Waals surface area contributed by atoms with Gasteiger partial charge in [-0.2, -0.15) is 0 Å². The summed E-state index contributed by atoms with van der Waals surface area (Å²) in [4.78, 5) is 8.89. The molecule has 0 aliphatic rings. The number of hydrogen-bond acceptors (Lipinski definition) is 5. The molecule has 3 rings (SSSR count). The monoisotopic (exact) mass is 444 g/mol. The van der Waals surface area contributed by atoms with Crippen LogP contribution >= 0.6 is 0 Å². The molecule has 0 saturated heterocycles. The number of pyridine rings is 1. The summed E-state index contributed by atoms with van der Waals surface area (Å²) in [7, 11) is 0.283. The van der Waals surface area contributed by atoms with Gasteiger partial charge in [0, 0.05) is 31.2 Å². The average Bonchev–Trinajstić information content (AvgIpc) is 3.18. The summed E-state index contributed by atoms with van der Waals surface area (Å²) < 4.78 is 33.4. The molecule has 0 aliphatic heterocycles.